The zero-order valence-corrected chi connectivity index (χ0v) is 7.55. The van der Waals surface area contributed by atoms with E-state index in [2.05, 4.69) is 15.4 Å². The average Bonchev–Trinajstić information content (AvgIpc) is 2.67. The fourth-order valence-corrected chi connectivity index (χ4v) is 1.05. The summed E-state index contributed by atoms with van der Waals surface area (Å²) in [5.74, 6) is 0.0746. The normalized spacial score (nSPS) is 9.71. The SMILES string of the molecule is Cc1ccc(-n2nnc(C#N)n2)cc1. The smallest absolute Gasteiger partial charge is 0.189 e. The Hall–Kier alpha value is -2.22. The van der Waals surface area contributed by atoms with Crippen molar-refractivity contribution in [2.75, 3.05) is 0 Å². The summed E-state index contributed by atoms with van der Waals surface area (Å²) in [5.41, 5.74) is 1.96. The molecular weight excluding hydrogens is 178 g/mol. The molecule has 0 amide bonds. The Balaban J connectivity index is 2.40. The van der Waals surface area contributed by atoms with Gasteiger partial charge in [0.25, 0.3) is 5.82 Å². The first-order valence-electron chi connectivity index (χ1n) is 4.07. The molecule has 0 radical (unpaired) electrons. The van der Waals surface area contributed by atoms with Gasteiger partial charge in [0.1, 0.15) is 6.07 Å². The van der Waals surface area contributed by atoms with Crippen LogP contribution in [-0.4, -0.2) is 20.2 Å². The molecule has 68 valence electrons. The maximum absolute atomic E-state index is 8.51. The van der Waals surface area contributed by atoms with E-state index in [4.69, 9.17) is 5.26 Å². The Morgan fingerprint density at radius 1 is 1.29 bits per heavy atom. The first-order chi connectivity index (χ1) is 6.79. The van der Waals surface area contributed by atoms with Gasteiger partial charge in [0.05, 0.1) is 5.69 Å². The van der Waals surface area contributed by atoms with Crippen LogP contribution in [0.5, 0.6) is 0 Å². The molecule has 0 aliphatic rings. The lowest BCUT2D eigenvalue weighted by molar-refractivity contribution is 0.719. The third-order valence-electron chi connectivity index (χ3n) is 1.78. The van der Waals surface area contributed by atoms with Crippen LogP contribution in [0.4, 0.5) is 0 Å². The molecule has 0 unspecified atom stereocenters. The quantitative estimate of drug-likeness (QED) is 0.660. The van der Waals surface area contributed by atoms with Crippen LogP contribution in [0.2, 0.25) is 0 Å². The Kier molecular flexibility index (Phi) is 1.95. The van der Waals surface area contributed by atoms with Gasteiger partial charge in [-0.15, -0.1) is 9.90 Å². The average molecular weight is 185 g/mol. The molecule has 2 aromatic rings. The molecular formula is C9H7N5. The number of hydrogen-bond donors (Lipinski definition) is 0. The van der Waals surface area contributed by atoms with Crippen molar-refractivity contribution < 1.29 is 0 Å². The van der Waals surface area contributed by atoms with Crippen molar-refractivity contribution in [3.63, 3.8) is 0 Å². The summed E-state index contributed by atoms with van der Waals surface area (Å²) in [6.45, 7) is 2.00. The molecule has 0 aliphatic heterocycles. The van der Waals surface area contributed by atoms with Crippen LogP contribution in [0, 0.1) is 18.3 Å². The molecule has 0 aliphatic carbocycles. The molecule has 0 saturated carbocycles. The van der Waals surface area contributed by atoms with E-state index < -0.39 is 0 Å². The van der Waals surface area contributed by atoms with E-state index in [0.29, 0.717) is 0 Å². The summed E-state index contributed by atoms with van der Waals surface area (Å²) in [6.07, 6.45) is 0. The van der Waals surface area contributed by atoms with Gasteiger partial charge >= 0.3 is 0 Å². The molecule has 1 aromatic heterocycles. The van der Waals surface area contributed by atoms with Crippen molar-refractivity contribution >= 4 is 0 Å². The minimum atomic E-state index is 0.0746. The molecule has 5 heteroatoms. The van der Waals surface area contributed by atoms with Crippen LogP contribution >= 0.6 is 0 Å². The van der Waals surface area contributed by atoms with Crippen molar-refractivity contribution in [3.8, 4) is 11.8 Å². The van der Waals surface area contributed by atoms with Gasteiger partial charge in [0, 0.05) is 0 Å². The Morgan fingerprint density at radius 2 is 2.00 bits per heavy atom. The van der Waals surface area contributed by atoms with Gasteiger partial charge in [0.2, 0.25) is 0 Å². The van der Waals surface area contributed by atoms with Crippen LogP contribution in [0.1, 0.15) is 11.4 Å². The summed E-state index contributed by atoms with van der Waals surface area (Å²) in [6, 6.07) is 9.47. The molecule has 2 rings (SSSR count). The highest BCUT2D eigenvalue weighted by atomic mass is 15.6. The minimum absolute atomic E-state index is 0.0746. The van der Waals surface area contributed by atoms with Gasteiger partial charge in [-0.05, 0) is 24.3 Å². The first kappa shape index (κ1) is 8.38. The highest BCUT2D eigenvalue weighted by Gasteiger charge is 2.02. The maximum Gasteiger partial charge on any atom is 0.274 e. The van der Waals surface area contributed by atoms with Crippen LogP contribution < -0.4 is 0 Å². The molecule has 1 aromatic carbocycles. The number of nitrogens with zero attached hydrogens (tertiary/aromatic N) is 5. The van der Waals surface area contributed by atoms with Crippen molar-refractivity contribution in [1.82, 2.24) is 20.2 Å². The van der Waals surface area contributed by atoms with E-state index >= 15 is 0 Å². The predicted molar refractivity (Wildman–Crippen MR) is 48.6 cm³/mol. The monoisotopic (exact) mass is 185 g/mol. The number of benzene rings is 1. The molecule has 0 fully saturated rings. The fraction of sp³-hybridized carbons (Fsp3) is 0.111. The Labute approximate surface area is 80.6 Å². The Bertz CT molecular complexity index is 477. The van der Waals surface area contributed by atoms with Crippen LogP contribution in [0.15, 0.2) is 24.3 Å². The zero-order chi connectivity index (χ0) is 9.97. The van der Waals surface area contributed by atoms with E-state index in [9.17, 15) is 0 Å². The molecule has 0 bridgehead atoms. The van der Waals surface area contributed by atoms with Gasteiger partial charge in [-0.1, -0.05) is 22.8 Å². The lowest BCUT2D eigenvalue weighted by Gasteiger charge is -1.97. The third-order valence-corrected chi connectivity index (χ3v) is 1.78. The second-order valence-electron chi connectivity index (χ2n) is 2.85. The summed E-state index contributed by atoms with van der Waals surface area (Å²) in [5, 5.41) is 19.7. The molecule has 1 heterocycles. The van der Waals surface area contributed by atoms with E-state index in [0.717, 1.165) is 11.3 Å². The molecule has 5 nitrogen and oxygen atoms in total. The van der Waals surface area contributed by atoms with Gasteiger partial charge in [-0.3, -0.25) is 0 Å². The zero-order valence-electron chi connectivity index (χ0n) is 7.55. The topological polar surface area (TPSA) is 67.4 Å². The fourth-order valence-electron chi connectivity index (χ4n) is 1.05. The van der Waals surface area contributed by atoms with E-state index in [-0.39, 0.29) is 5.82 Å². The minimum Gasteiger partial charge on any atom is -0.189 e. The number of tetrazole rings is 1. The first-order valence-corrected chi connectivity index (χ1v) is 4.07. The highest BCUT2D eigenvalue weighted by molar-refractivity contribution is 5.32. The van der Waals surface area contributed by atoms with Crippen molar-refractivity contribution in [2.45, 2.75) is 6.92 Å². The summed E-state index contributed by atoms with van der Waals surface area (Å²) < 4.78 is 0. The largest absolute Gasteiger partial charge is 0.274 e. The van der Waals surface area contributed by atoms with E-state index in [1.165, 1.54) is 4.80 Å². The lowest BCUT2D eigenvalue weighted by atomic mass is 10.2. The van der Waals surface area contributed by atoms with Crippen molar-refractivity contribution in [1.29, 1.82) is 5.26 Å². The van der Waals surface area contributed by atoms with E-state index in [1.54, 1.807) is 0 Å². The molecule has 0 spiro atoms. The summed E-state index contributed by atoms with van der Waals surface area (Å²) in [4.78, 5) is 1.33. The molecule has 0 saturated heterocycles. The number of aromatic nitrogens is 4. The van der Waals surface area contributed by atoms with Crippen LogP contribution in [0.25, 0.3) is 5.69 Å². The second-order valence-corrected chi connectivity index (χ2v) is 2.85. The third kappa shape index (κ3) is 1.45. The maximum atomic E-state index is 8.51. The molecule has 0 atom stereocenters. The van der Waals surface area contributed by atoms with Gasteiger partial charge < -0.3 is 0 Å². The highest BCUT2D eigenvalue weighted by Crippen LogP contribution is 2.05. The van der Waals surface area contributed by atoms with Crippen molar-refractivity contribution in [2.24, 2.45) is 0 Å². The van der Waals surface area contributed by atoms with Gasteiger partial charge in [-0.2, -0.15) is 5.26 Å². The van der Waals surface area contributed by atoms with Gasteiger partial charge in [-0.25, -0.2) is 0 Å². The number of rotatable bonds is 1. The number of hydrogen-bond acceptors (Lipinski definition) is 4. The summed E-state index contributed by atoms with van der Waals surface area (Å²) in [7, 11) is 0. The number of aryl methyl sites for hydroxylation is 1. The predicted octanol–water partition coefficient (Wildman–Crippen LogP) is 0.842. The molecule has 0 N–H and O–H groups in total. The van der Waals surface area contributed by atoms with Gasteiger partial charge in [0.15, 0.2) is 0 Å². The lowest BCUT2D eigenvalue weighted by Crippen LogP contribution is -1.98. The molecule has 14 heavy (non-hydrogen) atoms. The second kappa shape index (κ2) is 3.26. The standard InChI is InChI=1S/C9H7N5/c1-7-2-4-8(5-3-7)14-12-9(6-10)11-13-14/h2-5H,1H3. The summed E-state index contributed by atoms with van der Waals surface area (Å²) >= 11 is 0. The number of nitriles is 1. The van der Waals surface area contributed by atoms with Crippen molar-refractivity contribution in [3.05, 3.63) is 35.7 Å². The Morgan fingerprint density at radius 3 is 2.57 bits per heavy atom. The van der Waals surface area contributed by atoms with E-state index in [1.807, 2.05) is 37.3 Å². The van der Waals surface area contributed by atoms with Crippen LogP contribution in [-0.2, 0) is 0 Å². The van der Waals surface area contributed by atoms with Crippen LogP contribution in [0.3, 0.4) is 0 Å².